The number of hydrogen-bond acceptors (Lipinski definition) is 2. The largest absolute Gasteiger partial charge is 0.480 e. The van der Waals surface area contributed by atoms with Gasteiger partial charge in [0.15, 0.2) is 0 Å². The van der Waals surface area contributed by atoms with Gasteiger partial charge in [-0.1, -0.05) is 36.9 Å². The molecule has 0 bridgehead atoms. The minimum Gasteiger partial charge on any atom is -0.480 e. The molecule has 0 fully saturated rings. The van der Waals surface area contributed by atoms with Crippen LogP contribution in [0.1, 0.15) is 5.56 Å². The van der Waals surface area contributed by atoms with Gasteiger partial charge in [0.2, 0.25) is 0 Å². The molecule has 1 atom stereocenters. The molecule has 1 rings (SSSR count). The van der Waals surface area contributed by atoms with Crippen LogP contribution in [0.15, 0.2) is 36.9 Å². The summed E-state index contributed by atoms with van der Waals surface area (Å²) in [6.07, 6.45) is 0. The molecule has 0 heterocycles. The molecule has 0 aromatic heterocycles. The Hall–Kier alpha value is -1.61. The van der Waals surface area contributed by atoms with E-state index in [1.54, 1.807) is 12.1 Å². The highest BCUT2D eigenvalue weighted by Gasteiger charge is 2.15. The van der Waals surface area contributed by atoms with Crippen LogP contribution in [0.3, 0.4) is 0 Å². The number of carboxylic acid groups (broad SMARTS) is 1. The summed E-state index contributed by atoms with van der Waals surface area (Å²) in [6.45, 7) is 3.64. The van der Waals surface area contributed by atoms with E-state index in [1.165, 1.54) is 0 Å². The standard InChI is InChI=1S/C10H11NO2/c1-7(9(11)10(12)13)8-5-3-2-4-6-8/h2-6,9H,1,11H2,(H,12,13). The van der Waals surface area contributed by atoms with Crippen LogP contribution < -0.4 is 5.73 Å². The van der Waals surface area contributed by atoms with E-state index in [0.717, 1.165) is 5.56 Å². The van der Waals surface area contributed by atoms with Gasteiger partial charge in [0.1, 0.15) is 6.04 Å². The third kappa shape index (κ3) is 2.16. The third-order valence-corrected chi connectivity index (χ3v) is 1.79. The molecule has 13 heavy (non-hydrogen) atoms. The average molecular weight is 177 g/mol. The highest BCUT2D eigenvalue weighted by Crippen LogP contribution is 2.14. The predicted molar refractivity (Wildman–Crippen MR) is 51.1 cm³/mol. The van der Waals surface area contributed by atoms with Crippen molar-refractivity contribution in [3.63, 3.8) is 0 Å². The Morgan fingerprint density at radius 2 is 1.92 bits per heavy atom. The fraction of sp³-hybridized carbons (Fsp3) is 0.100. The normalized spacial score (nSPS) is 12.1. The van der Waals surface area contributed by atoms with E-state index in [9.17, 15) is 4.79 Å². The van der Waals surface area contributed by atoms with Crippen molar-refractivity contribution in [2.45, 2.75) is 6.04 Å². The summed E-state index contributed by atoms with van der Waals surface area (Å²) in [5.74, 6) is -1.06. The number of aliphatic carboxylic acids is 1. The number of hydrogen-bond donors (Lipinski definition) is 2. The van der Waals surface area contributed by atoms with Gasteiger partial charge in [-0.3, -0.25) is 4.79 Å². The maximum absolute atomic E-state index is 10.5. The lowest BCUT2D eigenvalue weighted by Crippen LogP contribution is -2.30. The summed E-state index contributed by atoms with van der Waals surface area (Å²) in [4.78, 5) is 10.5. The molecular formula is C10H11NO2. The predicted octanol–water partition coefficient (Wildman–Crippen LogP) is 1.11. The molecule has 0 saturated carbocycles. The molecule has 3 N–H and O–H groups in total. The van der Waals surface area contributed by atoms with Gasteiger partial charge in [-0.25, -0.2) is 0 Å². The molecule has 0 aliphatic rings. The smallest absolute Gasteiger partial charge is 0.325 e. The van der Waals surface area contributed by atoms with Gasteiger partial charge < -0.3 is 10.8 Å². The number of rotatable bonds is 3. The number of nitrogens with two attached hydrogens (primary N) is 1. The molecule has 0 spiro atoms. The van der Waals surface area contributed by atoms with Crippen LogP contribution in [-0.2, 0) is 4.79 Å². The summed E-state index contributed by atoms with van der Waals surface area (Å²) < 4.78 is 0. The molecule has 0 amide bonds. The third-order valence-electron chi connectivity index (χ3n) is 1.79. The fourth-order valence-corrected chi connectivity index (χ4v) is 0.981. The summed E-state index contributed by atoms with van der Waals surface area (Å²) in [5.41, 5.74) is 6.58. The zero-order valence-electron chi connectivity index (χ0n) is 7.10. The van der Waals surface area contributed by atoms with Gasteiger partial charge in [0.05, 0.1) is 0 Å². The monoisotopic (exact) mass is 177 g/mol. The summed E-state index contributed by atoms with van der Waals surface area (Å²) >= 11 is 0. The van der Waals surface area contributed by atoms with Crippen LogP contribution in [0.4, 0.5) is 0 Å². The molecule has 0 aliphatic carbocycles. The minimum atomic E-state index is -1.06. The van der Waals surface area contributed by atoms with Crippen molar-refractivity contribution in [1.29, 1.82) is 0 Å². The average Bonchev–Trinajstić information content (AvgIpc) is 2.17. The van der Waals surface area contributed by atoms with Gasteiger partial charge in [-0.15, -0.1) is 0 Å². The van der Waals surface area contributed by atoms with Crippen LogP contribution in [0.25, 0.3) is 5.57 Å². The number of benzene rings is 1. The second-order valence-corrected chi connectivity index (χ2v) is 2.71. The van der Waals surface area contributed by atoms with E-state index in [1.807, 2.05) is 18.2 Å². The summed E-state index contributed by atoms with van der Waals surface area (Å²) in [5, 5.41) is 8.63. The van der Waals surface area contributed by atoms with Crippen molar-refractivity contribution < 1.29 is 9.90 Å². The minimum absolute atomic E-state index is 0.424. The van der Waals surface area contributed by atoms with Crippen LogP contribution in [0.5, 0.6) is 0 Å². The second-order valence-electron chi connectivity index (χ2n) is 2.71. The van der Waals surface area contributed by atoms with Crippen molar-refractivity contribution >= 4 is 11.5 Å². The highest BCUT2D eigenvalue weighted by atomic mass is 16.4. The lowest BCUT2D eigenvalue weighted by molar-refractivity contribution is -0.137. The first-order valence-corrected chi connectivity index (χ1v) is 3.85. The fourth-order valence-electron chi connectivity index (χ4n) is 0.981. The Bertz CT molecular complexity index is 319. The van der Waals surface area contributed by atoms with Gasteiger partial charge in [-0.2, -0.15) is 0 Å². The topological polar surface area (TPSA) is 63.3 Å². The Morgan fingerprint density at radius 3 is 2.38 bits per heavy atom. The van der Waals surface area contributed by atoms with Crippen molar-refractivity contribution in [1.82, 2.24) is 0 Å². The number of carbonyl (C=O) groups is 1. The first-order valence-electron chi connectivity index (χ1n) is 3.85. The Kier molecular flexibility index (Phi) is 2.82. The Balaban J connectivity index is 2.86. The van der Waals surface area contributed by atoms with E-state index in [4.69, 9.17) is 10.8 Å². The summed E-state index contributed by atoms with van der Waals surface area (Å²) in [6, 6.07) is 8.02. The lowest BCUT2D eigenvalue weighted by Gasteiger charge is -2.09. The Labute approximate surface area is 76.5 Å². The van der Waals surface area contributed by atoms with Crippen LogP contribution in [0, 0.1) is 0 Å². The Morgan fingerprint density at radius 1 is 1.38 bits per heavy atom. The summed E-state index contributed by atoms with van der Waals surface area (Å²) in [7, 11) is 0. The first-order chi connectivity index (χ1) is 6.13. The zero-order valence-corrected chi connectivity index (χ0v) is 7.10. The maximum atomic E-state index is 10.5. The van der Waals surface area contributed by atoms with Gasteiger partial charge in [-0.05, 0) is 11.1 Å². The quantitative estimate of drug-likeness (QED) is 0.727. The second kappa shape index (κ2) is 3.87. The van der Waals surface area contributed by atoms with E-state index in [2.05, 4.69) is 6.58 Å². The molecule has 0 saturated heterocycles. The van der Waals surface area contributed by atoms with Crippen LogP contribution in [-0.4, -0.2) is 17.1 Å². The lowest BCUT2D eigenvalue weighted by atomic mass is 10.0. The molecule has 3 heteroatoms. The van der Waals surface area contributed by atoms with Crippen molar-refractivity contribution in [2.24, 2.45) is 5.73 Å². The van der Waals surface area contributed by atoms with E-state index >= 15 is 0 Å². The molecular weight excluding hydrogens is 166 g/mol. The van der Waals surface area contributed by atoms with Crippen molar-refractivity contribution in [2.75, 3.05) is 0 Å². The van der Waals surface area contributed by atoms with Gasteiger partial charge in [0.25, 0.3) is 0 Å². The molecule has 1 aromatic rings. The SMILES string of the molecule is C=C(c1ccccc1)C(N)C(=O)O. The van der Waals surface area contributed by atoms with E-state index in [-0.39, 0.29) is 0 Å². The maximum Gasteiger partial charge on any atom is 0.325 e. The number of carboxylic acids is 1. The molecule has 0 radical (unpaired) electrons. The zero-order chi connectivity index (χ0) is 9.84. The molecule has 0 aliphatic heterocycles. The molecule has 1 aromatic carbocycles. The first kappa shape index (κ1) is 9.48. The van der Waals surface area contributed by atoms with Gasteiger partial charge in [0, 0.05) is 0 Å². The van der Waals surface area contributed by atoms with Crippen molar-refractivity contribution in [3.8, 4) is 0 Å². The van der Waals surface area contributed by atoms with Crippen LogP contribution in [0.2, 0.25) is 0 Å². The molecule has 3 nitrogen and oxygen atoms in total. The highest BCUT2D eigenvalue weighted by molar-refractivity contribution is 5.90. The molecule has 68 valence electrons. The van der Waals surface area contributed by atoms with Gasteiger partial charge >= 0.3 is 5.97 Å². The van der Waals surface area contributed by atoms with E-state index in [0.29, 0.717) is 5.57 Å². The van der Waals surface area contributed by atoms with Crippen LogP contribution >= 0.6 is 0 Å². The molecule has 1 unspecified atom stereocenters. The van der Waals surface area contributed by atoms with E-state index < -0.39 is 12.0 Å². The van der Waals surface area contributed by atoms with Crippen molar-refractivity contribution in [3.05, 3.63) is 42.5 Å².